The number of carbonyl (C=O) groups excluding carboxylic acids is 1. The first kappa shape index (κ1) is 13.9. The fraction of sp³-hybridized carbons (Fsp3) is 0.429. The quantitative estimate of drug-likeness (QED) is 0.782. The van der Waals surface area contributed by atoms with Crippen LogP contribution in [-0.2, 0) is 9.59 Å². The summed E-state index contributed by atoms with van der Waals surface area (Å²) >= 11 is 1.46. The summed E-state index contributed by atoms with van der Waals surface area (Å²) in [6.45, 7) is 2.26. The van der Waals surface area contributed by atoms with Crippen LogP contribution in [0.15, 0.2) is 29.2 Å². The van der Waals surface area contributed by atoms with Gasteiger partial charge in [-0.05, 0) is 31.9 Å². The first-order valence-corrected chi connectivity index (χ1v) is 7.20. The Labute approximate surface area is 116 Å². The summed E-state index contributed by atoms with van der Waals surface area (Å²) in [6.07, 6.45) is 1.32. The predicted molar refractivity (Wildman–Crippen MR) is 74.2 cm³/mol. The fourth-order valence-corrected chi connectivity index (χ4v) is 2.45. The molecule has 102 valence electrons. The second kappa shape index (κ2) is 5.65. The average molecular weight is 279 g/mol. The average Bonchev–Trinajstić information content (AvgIpc) is 3.17. The van der Waals surface area contributed by atoms with E-state index in [1.54, 1.807) is 0 Å². The maximum atomic E-state index is 11.7. The molecule has 19 heavy (non-hydrogen) atoms. The van der Waals surface area contributed by atoms with Crippen LogP contribution in [-0.4, -0.2) is 29.3 Å². The van der Waals surface area contributed by atoms with Gasteiger partial charge in [0.15, 0.2) is 0 Å². The van der Waals surface area contributed by atoms with Crippen LogP contribution in [0.2, 0.25) is 0 Å². The number of aliphatic carboxylic acids is 1. The molecule has 2 N–H and O–H groups in total. The number of thioether (sulfide) groups is 1. The smallest absolute Gasteiger partial charge is 0.311 e. The number of carboxylic acid groups (broad SMARTS) is 1. The number of hydrogen-bond donors (Lipinski definition) is 2. The topological polar surface area (TPSA) is 66.4 Å². The summed E-state index contributed by atoms with van der Waals surface area (Å²) in [4.78, 5) is 23.6. The maximum Gasteiger partial charge on any atom is 0.311 e. The molecular formula is C14H17NO3S. The Morgan fingerprint density at radius 3 is 2.47 bits per heavy atom. The summed E-state index contributed by atoms with van der Waals surface area (Å²) in [5, 5.41) is 11.7. The van der Waals surface area contributed by atoms with Crippen LogP contribution in [0, 0.1) is 12.3 Å². The molecule has 0 saturated heterocycles. The van der Waals surface area contributed by atoms with Crippen LogP contribution in [0.3, 0.4) is 0 Å². The number of rotatable bonds is 6. The third kappa shape index (κ3) is 3.73. The van der Waals surface area contributed by atoms with E-state index in [2.05, 4.69) is 5.32 Å². The van der Waals surface area contributed by atoms with Gasteiger partial charge >= 0.3 is 5.97 Å². The first-order chi connectivity index (χ1) is 9.02. The zero-order valence-electron chi connectivity index (χ0n) is 10.8. The zero-order chi connectivity index (χ0) is 13.9. The Balaban J connectivity index is 1.73. The number of benzene rings is 1. The molecule has 0 unspecified atom stereocenters. The summed E-state index contributed by atoms with van der Waals surface area (Å²) in [6, 6.07) is 7.97. The molecule has 1 fully saturated rings. The van der Waals surface area contributed by atoms with Crippen molar-refractivity contribution in [3.05, 3.63) is 29.8 Å². The standard InChI is InChI=1S/C14H17NO3S/c1-10-2-4-11(5-3-10)19-8-12(16)15-9-14(6-7-14)13(17)18/h2-5H,6-9H2,1H3,(H,15,16)(H,17,18). The second-order valence-corrected chi connectivity index (χ2v) is 6.01. The highest BCUT2D eigenvalue weighted by Gasteiger charge is 2.50. The molecule has 1 aliphatic carbocycles. The van der Waals surface area contributed by atoms with Crippen LogP contribution in [0.1, 0.15) is 18.4 Å². The van der Waals surface area contributed by atoms with Gasteiger partial charge in [-0.15, -0.1) is 11.8 Å². The number of aryl methyl sites for hydroxylation is 1. The molecule has 0 aliphatic heterocycles. The van der Waals surface area contributed by atoms with Gasteiger partial charge in [-0.3, -0.25) is 9.59 Å². The van der Waals surface area contributed by atoms with E-state index in [4.69, 9.17) is 5.11 Å². The number of carboxylic acids is 1. The lowest BCUT2D eigenvalue weighted by atomic mass is 10.1. The number of hydrogen-bond acceptors (Lipinski definition) is 3. The van der Waals surface area contributed by atoms with Gasteiger partial charge in [0.25, 0.3) is 0 Å². The molecule has 1 aromatic carbocycles. The van der Waals surface area contributed by atoms with Crippen molar-refractivity contribution < 1.29 is 14.7 Å². The van der Waals surface area contributed by atoms with Crippen molar-refractivity contribution in [2.75, 3.05) is 12.3 Å². The van der Waals surface area contributed by atoms with Crippen molar-refractivity contribution in [3.63, 3.8) is 0 Å². The molecule has 0 bridgehead atoms. The summed E-state index contributed by atoms with van der Waals surface area (Å²) in [7, 11) is 0. The number of carbonyl (C=O) groups is 2. The van der Waals surface area contributed by atoms with Crippen molar-refractivity contribution >= 4 is 23.6 Å². The molecule has 5 heteroatoms. The van der Waals surface area contributed by atoms with Crippen LogP contribution < -0.4 is 5.32 Å². The van der Waals surface area contributed by atoms with E-state index >= 15 is 0 Å². The Bertz CT molecular complexity index is 480. The minimum absolute atomic E-state index is 0.113. The summed E-state index contributed by atoms with van der Waals surface area (Å²) < 4.78 is 0. The first-order valence-electron chi connectivity index (χ1n) is 6.21. The molecule has 1 aromatic rings. The van der Waals surface area contributed by atoms with E-state index in [1.165, 1.54) is 17.3 Å². The number of amides is 1. The van der Waals surface area contributed by atoms with Gasteiger partial charge in [-0.1, -0.05) is 17.7 Å². The maximum absolute atomic E-state index is 11.7. The highest BCUT2D eigenvalue weighted by atomic mass is 32.2. The Hall–Kier alpha value is -1.49. The van der Waals surface area contributed by atoms with Gasteiger partial charge < -0.3 is 10.4 Å². The molecule has 1 amide bonds. The molecule has 0 heterocycles. The second-order valence-electron chi connectivity index (χ2n) is 4.96. The van der Waals surface area contributed by atoms with E-state index in [0.717, 1.165) is 4.90 Å². The van der Waals surface area contributed by atoms with E-state index in [1.807, 2.05) is 31.2 Å². The van der Waals surface area contributed by atoms with E-state index < -0.39 is 11.4 Å². The highest BCUT2D eigenvalue weighted by Crippen LogP contribution is 2.45. The van der Waals surface area contributed by atoms with Gasteiger partial charge in [0.05, 0.1) is 11.2 Å². The lowest BCUT2D eigenvalue weighted by Crippen LogP contribution is -2.35. The van der Waals surface area contributed by atoms with Crippen LogP contribution in [0.25, 0.3) is 0 Å². The SMILES string of the molecule is Cc1ccc(SCC(=O)NCC2(C(=O)O)CC2)cc1. The molecule has 0 atom stereocenters. The van der Waals surface area contributed by atoms with Crippen LogP contribution in [0.4, 0.5) is 0 Å². The molecule has 4 nitrogen and oxygen atoms in total. The highest BCUT2D eigenvalue weighted by molar-refractivity contribution is 8.00. The third-order valence-electron chi connectivity index (χ3n) is 3.32. The Kier molecular flexibility index (Phi) is 4.14. The molecule has 2 rings (SSSR count). The largest absolute Gasteiger partial charge is 0.481 e. The van der Waals surface area contributed by atoms with Crippen molar-refractivity contribution in [2.45, 2.75) is 24.7 Å². The molecule has 0 radical (unpaired) electrons. The fourth-order valence-electron chi connectivity index (χ4n) is 1.72. The minimum Gasteiger partial charge on any atom is -0.481 e. The minimum atomic E-state index is -0.806. The molecule has 0 aromatic heterocycles. The summed E-state index contributed by atoms with van der Waals surface area (Å²) in [5.41, 5.74) is 0.496. The number of nitrogens with one attached hydrogen (secondary N) is 1. The normalized spacial score (nSPS) is 15.8. The summed E-state index contributed by atoms with van der Waals surface area (Å²) in [5.74, 6) is -0.601. The lowest BCUT2D eigenvalue weighted by Gasteiger charge is -2.10. The van der Waals surface area contributed by atoms with Gasteiger partial charge in [-0.2, -0.15) is 0 Å². The van der Waals surface area contributed by atoms with E-state index in [9.17, 15) is 9.59 Å². The van der Waals surface area contributed by atoms with Crippen LogP contribution >= 0.6 is 11.8 Å². The molecule has 0 spiro atoms. The molecule has 1 aliphatic rings. The molecule has 1 saturated carbocycles. The van der Waals surface area contributed by atoms with Crippen molar-refractivity contribution in [3.8, 4) is 0 Å². The monoisotopic (exact) mass is 279 g/mol. The van der Waals surface area contributed by atoms with Gasteiger partial charge in [0.2, 0.25) is 5.91 Å². The van der Waals surface area contributed by atoms with Crippen LogP contribution in [0.5, 0.6) is 0 Å². The Morgan fingerprint density at radius 2 is 1.95 bits per heavy atom. The Morgan fingerprint density at radius 1 is 1.32 bits per heavy atom. The van der Waals surface area contributed by atoms with Crippen molar-refractivity contribution in [1.82, 2.24) is 5.32 Å². The van der Waals surface area contributed by atoms with Crippen molar-refractivity contribution in [2.24, 2.45) is 5.41 Å². The van der Waals surface area contributed by atoms with E-state index in [-0.39, 0.29) is 12.5 Å². The van der Waals surface area contributed by atoms with Crippen molar-refractivity contribution in [1.29, 1.82) is 0 Å². The van der Waals surface area contributed by atoms with Gasteiger partial charge in [0, 0.05) is 11.4 Å². The zero-order valence-corrected chi connectivity index (χ0v) is 11.6. The van der Waals surface area contributed by atoms with Gasteiger partial charge in [0.1, 0.15) is 0 Å². The lowest BCUT2D eigenvalue weighted by molar-refractivity contribution is -0.143. The van der Waals surface area contributed by atoms with E-state index in [0.29, 0.717) is 18.6 Å². The van der Waals surface area contributed by atoms with Gasteiger partial charge in [-0.25, -0.2) is 0 Å². The molecular weight excluding hydrogens is 262 g/mol. The third-order valence-corrected chi connectivity index (χ3v) is 4.33. The predicted octanol–water partition coefficient (Wildman–Crippen LogP) is 2.07.